The van der Waals surface area contributed by atoms with E-state index in [0.29, 0.717) is 6.07 Å². The Morgan fingerprint density at radius 3 is 2.31 bits per heavy atom. The molecule has 2 N–H and O–H groups in total. The quantitative estimate of drug-likeness (QED) is 0.880. The van der Waals surface area contributed by atoms with Gasteiger partial charge in [0, 0.05) is 23.9 Å². The lowest BCUT2D eigenvalue weighted by atomic mass is 10.0. The van der Waals surface area contributed by atoms with Gasteiger partial charge in [0.2, 0.25) is 0 Å². The van der Waals surface area contributed by atoms with Crippen LogP contribution in [0.4, 0.5) is 8.78 Å². The molecule has 0 saturated carbocycles. The molecule has 0 radical (unpaired) electrons. The van der Waals surface area contributed by atoms with E-state index < -0.39 is 32.8 Å². The molecular weight excluding hydrogens is 236 g/mol. The molecule has 0 aliphatic carbocycles. The zero-order chi connectivity index (χ0) is 12.5. The number of hydrogen-bond acceptors (Lipinski definition) is 3. The van der Waals surface area contributed by atoms with Crippen LogP contribution in [0, 0.1) is 11.6 Å². The fourth-order valence-corrected chi connectivity index (χ4v) is 1.97. The van der Waals surface area contributed by atoms with E-state index in [0.717, 1.165) is 18.4 Å². The van der Waals surface area contributed by atoms with E-state index in [9.17, 15) is 17.2 Å². The van der Waals surface area contributed by atoms with Crippen molar-refractivity contribution in [3.8, 4) is 0 Å². The smallest absolute Gasteiger partial charge is 0.151 e. The molecule has 0 bridgehead atoms. The molecule has 16 heavy (non-hydrogen) atoms. The Hall–Kier alpha value is -1.01. The third-order valence-electron chi connectivity index (χ3n) is 2.50. The van der Waals surface area contributed by atoms with Crippen LogP contribution in [0.15, 0.2) is 18.2 Å². The summed E-state index contributed by atoms with van der Waals surface area (Å²) < 4.78 is 48.5. The predicted octanol–water partition coefficient (Wildman–Crippen LogP) is 1.40. The Bertz CT molecular complexity index is 488. The molecule has 1 rings (SSSR count). The summed E-state index contributed by atoms with van der Waals surface area (Å²) in [6.07, 6.45) is 1.03. The minimum Gasteiger partial charge on any atom is -0.323 e. The number of sulfone groups is 1. The molecule has 1 aromatic rings. The largest absolute Gasteiger partial charge is 0.323 e. The van der Waals surface area contributed by atoms with Gasteiger partial charge in [-0.15, -0.1) is 0 Å². The molecule has 0 saturated heterocycles. The Labute approximate surface area is 93.2 Å². The first-order valence-electron chi connectivity index (χ1n) is 4.63. The van der Waals surface area contributed by atoms with Crippen molar-refractivity contribution in [2.45, 2.75) is 18.2 Å². The van der Waals surface area contributed by atoms with Crippen molar-refractivity contribution in [3.05, 3.63) is 35.4 Å². The number of benzene rings is 1. The number of nitrogens with two attached hydrogens (primary N) is 1. The molecule has 0 aromatic heterocycles. The van der Waals surface area contributed by atoms with Crippen LogP contribution >= 0.6 is 0 Å². The number of rotatable bonds is 3. The Kier molecular flexibility index (Phi) is 3.64. The molecule has 0 aliphatic heterocycles. The fraction of sp³-hybridized carbons (Fsp3) is 0.400. The highest BCUT2D eigenvalue weighted by molar-refractivity contribution is 7.91. The van der Waals surface area contributed by atoms with Crippen molar-refractivity contribution in [2.75, 3.05) is 6.26 Å². The highest BCUT2D eigenvalue weighted by atomic mass is 32.2. The molecule has 1 aromatic carbocycles. The summed E-state index contributed by atoms with van der Waals surface area (Å²) in [5.41, 5.74) is 5.63. The van der Waals surface area contributed by atoms with Gasteiger partial charge in [0.15, 0.2) is 9.84 Å². The summed E-state index contributed by atoms with van der Waals surface area (Å²) in [5, 5.41) is -0.924. The third-order valence-corrected chi connectivity index (χ3v) is 4.15. The molecule has 2 atom stereocenters. The first kappa shape index (κ1) is 13.1. The zero-order valence-corrected chi connectivity index (χ0v) is 9.76. The maximum atomic E-state index is 13.3. The minimum atomic E-state index is -3.36. The summed E-state index contributed by atoms with van der Waals surface area (Å²) in [5.74, 6) is -1.55. The van der Waals surface area contributed by atoms with Crippen LogP contribution in [-0.2, 0) is 9.84 Å². The number of hydrogen-bond donors (Lipinski definition) is 1. The molecule has 0 heterocycles. The van der Waals surface area contributed by atoms with E-state index >= 15 is 0 Å². The standard InChI is InChI=1S/C10H13F2NO2S/c1-6(16(2,14)15)10(13)8-4-3-7(11)5-9(8)12/h3-6,10H,13H2,1-2H3. The Balaban J connectivity index is 3.10. The minimum absolute atomic E-state index is 0.000625. The van der Waals surface area contributed by atoms with Gasteiger partial charge in [-0.05, 0) is 13.0 Å². The average molecular weight is 249 g/mol. The SMILES string of the molecule is CC(C(N)c1ccc(F)cc1F)S(C)(=O)=O. The normalized spacial score (nSPS) is 15.8. The summed E-state index contributed by atoms with van der Waals surface area (Å²) in [7, 11) is -3.36. The van der Waals surface area contributed by atoms with E-state index in [1.54, 1.807) is 0 Å². The Morgan fingerprint density at radius 2 is 1.88 bits per heavy atom. The molecule has 0 fully saturated rings. The lowest BCUT2D eigenvalue weighted by molar-refractivity contribution is 0.538. The average Bonchev–Trinajstić information content (AvgIpc) is 2.14. The summed E-state index contributed by atoms with van der Waals surface area (Å²) in [6.45, 7) is 1.39. The molecule has 6 heteroatoms. The first-order valence-corrected chi connectivity index (χ1v) is 6.58. The van der Waals surface area contributed by atoms with Crippen LogP contribution in [0.5, 0.6) is 0 Å². The second kappa shape index (κ2) is 4.47. The second-order valence-electron chi connectivity index (χ2n) is 3.73. The molecule has 0 spiro atoms. The van der Waals surface area contributed by atoms with Gasteiger partial charge in [0.25, 0.3) is 0 Å². The van der Waals surface area contributed by atoms with Crippen molar-refractivity contribution in [1.82, 2.24) is 0 Å². The number of halogens is 2. The fourth-order valence-electron chi connectivity index (χ4n) is 1.29. The van der Waals surface area contributed by atoms with Gasteiger partial charge in [0.1, 0.15) is 11.6 Å². The zero-order valence-electron chi connectivity index (χ0n) is 8.94. The van der Waals surface area contributed by atoms with Gasteiger partial charge in [-0.25, -0.2) is 17.2 Å². The maximum Gasteiger partial charge on any atom is 0.151 e. The lowest BCUT2D eigenvalue weighted by Crippen LogP contribution is -2.31. The molecule has 3 nitrogen and oxygen atoms in total. The van der Waals surface area contributed by atoms with Crippen LogP contribution in [0.25, 0.3) is 0 Å². The lowest BCUT2D eigenvalue weighted by Gasteiger charge is -2.19. The van der Waals surface area contributed by atoms with E-state index in [2.05, 4.69) is 0 Å². The maximum absolute atomic E-state index is 13.3. The molecule has 0 aliphatic rings. The van der Waals surface area contributed by atoms with Crippen LogP contribution in [0.1, 0.15) is 18.5 Å². The molecule has 90 valence electrons. The predicted molar refractivity (Wildman–Crippen MR) is 57.6 cm³/mol. The first-order chi connectivity index (χ1) is 7.23. The van der Waals surface area contributed by atoms with Crippen molar-refractivity contribution in [1.29, 1.82) is 0 Å². The van der Waals surface area contributed by atoms with Gasteiger partial charge < -0.3 is 5.73 Å². The molecular formula is C10H13F2NO2S. The van der Waals surface area contributed by atoms with Crippen LogP contribution in [0.3, 0.4) is 0 Å². The highest BCUT2D eigenvalue weighted by Gasteiger charge is 2.26. The van der Waals surface area contributed by atoms with Crippen molar-refractivity contribution < 1.29 is 17.2 Å². The monoisotopic (exact) mass is 249 g/mol. The highest BCUT2D eigenvalue weighted by Crippen LogP contribution is 2.22. The van der Waals surface area contributed by atoms with Gasteiger partial charge >= 0.3 is 0 Å². The van der Waals surface area contributed by atoms with Crippen molar-refractivity contribution in [2.24, 2.45) is 5.73 Å². The summed E-state index contributed by atoms with van der Waals surface area (Å²) >= 11 is 0. The van der Waals surface area contributed by atoms with Crippen LogP contribution in [0.2, 0.25) is 0 Å². The third kappa shape index (κ3) is 2.76. The van der Waals surface area contributed by atoms with E-state index in [1.165, 1.54) is 6.92 Å². The van der Waals surface area contributed by atoms with E-state index in [1.807, 2.05) is 0 Å². The van der Waals surface area contributed by atoms with Gasteiger partial charge in [-0.3, -0.25) is 0 Å². The molecule has 2 unspecified atom stereocenters. The topological polar surface area (TPSA) is 60.2 Å². The van der Waals surface area contributed by atoms with Crippen molar-refractivity contribution >= 4 is 9.84 Å². The Morgan fingerprint density at radius 1 is 1.31 bits per heavy atom. The van der Waals surface area contributed by atoms with Crippen LogP contribution < -0.4 is 5.73 Å². The van der Waals surface area contributed by atoms with Gasteiger partial charge in [-0.2, -0.15) is 0 Å². The summed E-state index contributed by atoms with van der Waals surface area (Å²) in [6, 6.07) is 1.89. The van der Waals surface area contributed by atoms with Crippen LogP contribution in [-0.4, -0.2) is 19.9 Å². The van der Waals surface area contributed by atoms with Crippen molar-refractivity contribution in [3.63, 3.8) is 0 Å². The van der Waals surface area contributed by atoms with Gasteiger partial charge in [0.05, 0.1) is 5.25 Å². The van der Waals surface area contributed by atoms with E-state index in [4.69, 9.17) is 5.73 Å². The summed E-state index contributed by atoms with van der Waals surface area (Å²) in [4.78, 5) is 0. The van der Waals surface area contributed by atoms with E-state index in [-0.39, 0.29) is 5.56 Å². The second-order valence-corrected chi connectivity index (χ2v) is 6.13. The van der Waals surface area contributed by atoms with Gasteiger partial charge in [-0.1, -0.05) is 6.07 Å². The molecule has 0 amide bonds.